The second kappa shape index (κ2) is 11.7. The van der Waals surface area contributed by atoms with Crippen LogP contribution < -0.4 is 5.73 Å². The van der Waals surface area contributed by atoms with Crippen LogP contribution in [0.2, 0.25) is 5.02 Å². The minimum Gasteiger partial charge on any atom is -0.327 e. The van der Waals surface area contributed by atoms with Gasteiger partial charge in [0, 0.05) is 30.6 Å². The maximum atomic E-state index is 12.1. The number of fused-ring (bicyclic) bond motifs is 1. The van der Waals surface area contributed by atoms with Gasteiger partial charge in [0.15, 0.2) is 0 Å². The summed E-state index contributed by atoms with van der Waals surface area (Å²) < 4.78 is 25.8. The number of sulfonamides is 1. The summed E-state index contributed by atoms with van der Waals surface area (Å²) in [6.45, 7) is 2.44. The molecule has 0 heterocycles. The van der Waals surface area contributed by atoms with Gasteiger partial charge in [0.25, 0.3) is 0 Å². The fourth-order valence-corrected chi connectivity index (χ4v) is 5.68. The van der Waals surface area contributed by atoms with Crippen molar-refractivity contribution in [2.45, 2.75) is 57.4 Å². The van der Waals surface area contributed by atoms with E-state index in [1.807, 2.05) is 19.1 Å². The minimum atomic E-state index is -3.13. The van der Waals surface area contributed by atoms with Crippen LogP contribution in [-0.2, 0) is 29.3 Å². The van der Waals surface area contributed by atoms with E-state index < -0.39 is 10.0 Å². The van der Waals surface area contributed by atoms with E-state index in [-0.39, 0.29) is 24.2 Å². The zero-order valence-electron chi connectivity index (χ0n) is 18.4. The average molecular weight is 486 g/mol. The summed E-state index contributed by atoms with van der Waals surface area (Å²) in [5, 5.41) is 0.750. The summed E-state index contributed by atoms with van der Waals surface area (Å²) in [5.74, 6) is 0.509. The Bertz CT molecular complexity index is 949. The number of nitrogens with two attached hydrogens (primary N) is 1. The smallest absolute Gasteiger partial charge is 0.213 e. The summed E-state index contributed by atoms with van der Waals surface area (Å²) in [6, 6.07) is 14.9. The molecule has 0 saturated carbocycles. The van der Waals surface area contributed by atoms with Crippen LogP contribution in [0.5, 0.6) is 0 Å². The Morgan fingerprint density at radius 3 is 2.48 bits per heavy atom. The topological polar surface area (TPSA) is 63.4 Å². The van der Waals surface area contributed by atoms with Crippen molar-refractivity contribution >= 4 is 34.0 Å². The molecule has 2 unspecified atom stereocenters. The van der Waals surface area contributed by atoms with Gasteiger partial charge in [-0.05, 0) is 72.9 Å². The summed E-state index contributed by atoms with van der Waals surface area (Å²) in [4.78, 5) is 0. The van der Waals surface area contributed by atoms with E-state index in [1.165, 1.54) is 26.6 Å². The van der Waals surface area contributed by atoms with E-state index in [0.717, 1.165) is 37.1 Å². The van der Waals surface area contributed by atoms with Crippen molar-refractivity contribution in [1.82, 2.24) is 4.31 Å². The van der Waals surface area contributed by atoms with E-state index in [2.05, 4.69) is 30.3 Å². The monoisotopic (exact) mass is 484 g/mol. The van der Waals surface area contributed by atoms with Crippen LogP contribution in [-0.4, -0.2) is 38.1 Å². The van der Waals surface area contributed by atoms with E-state index in [1.54, 1.807) is 7.05 Å². The molecule has 7 heteroatoms. The van der Waals surface area contributed by atoms with Gasteiger partial charge in [0.1, 0.15) is 0 Å². The number of aryl methyl sites for hydroxylation is 2. The first kappa shape index (κ1) is 26.1. The number of hydrogen-bond donors (Lipinski definition) is 1. The lowest BCUT2D eigenvalue weighted by molar-refractivity contribution is 0.459. The molecule has 172 valence electrons. The molecule has 4 nitrogen and oxygen atoms in total. The van der Waals surface area contributed by atoms with Gasteiger partial charge in [-0.25, -0.2) is 12.7 Å². The molecule has 3 rings (SSSR count). The van der Waals surface area contributed by atoms with E-state index in [4.69, 9.17) is 17.3 Å². The van der Waals surface area contributed by atoms with Crippen molar-refractivity contribution in [3.63, 3.8) is 0 Å². The van der Waals surface area contributed by atoms with Gasteiger partial charge in [0.2, 0.25) is 10.0 Å². The molecular weight excluding hydrogens is 451 g/mol. The maximum absolute atomic E-state index is 12.1. The highest BCUT2D eigenvalue weighted by Gasteiger charge is 2.27. The second-order valence-electron chi connectivity index (χ2n) is 8.41. The Labute approximate surface area is 198 Å². The third kappa shape index (κ3) is 6.93. The highest BCUT2D eigenvalue weighted by atomic mass is 35.5. The molecule has 0 aliphatic heterocycles. The molecule has 2 N–H and O–H groups in total. The molecule has 1 aliphatic rings. The zero-order valence-corrected chi connectivity index (χ0v) is 20.8. The predicted molar refractivity (Wildman–Crippen MR) is 133 cm³/mol. The Hall–Kier alpha value is -1.11. The first-order valence-electron chi connectivity index (χ1n) is 10.9. The SMILES string of the molecule is CCCS(=O)(=O)N(C)CCCc1ccc2c(c1)C(Cc1ccc(Cl)cc1)C(N)CC2.Cl. The third-order valence-corrected chi connectivity index (χ3v) is 8.43. The van der Waals surface area contributed by atoms with Crippen molar-refractivity contribution < 1.29 is 8.42 Å². The van der Waals surface area contributed by atoms with E-state index in [0.29, 0.717) is 18.9 Å². The molecule has 1 aliphatic carbocycles. The number of benzene rings is 2. The lowest BCUT2D eigenvalue weighted by atomic mass is 9.76. The normalized spacial score (nSPS) is 18.5. The summed E-state index contributed by atoms with van der Waals surface area (Å²) in [6.07, 6.45) is 5.25. The molecule has 2 aromatic carbocycles. The molecule has 31 heavy (non-hydrogen) atoms. The van der Waals surface area contributed by atoms with Gasteiger partial charge in [-0.15, -0.1) is 12.4 Å². The molecule has 0 fully saturated rings. The van der Waals surface area contributed by atoms with Gasteiger partial charge < -0.3 is 5.73 Å². The number of nitrogens with zero attached hydrogens (tertiary/aromatic N) is 1. The molecule has 0 saturated heterocycles. The molecule has 2 aromatic rings. The molecule has 0 bridgehead atoms. The second-order valence-corrected chi connectivity index (χ2v) is 11.0. The van der Waals surface area contributed by atoms with Gasteiger partial charge in [-0.1, -0.05) is 48.9 Å². The zero-order chi connectivity index (χ0) is 21.7. The number of halogens is 2. The maximum Gasteiger partial charge on any atom is 0.213 e. The number of hydrogen-bond acceptors (Lipinski definition) is 3. The van der Waals surface area contributed by atoms with Crippen LogP contribution in [0.3, 0.4) is 0 Å². The summed E-state index contributed by atoms with van der Waals surface area (Å²) in [5.41, 5.74) is 11.8. The average Bonchev–Trinajstić information content (AvgIpc) is 2.71. The summed E-state index contributed by atoms with van der Waals surface area (Å²) in [7, 11) is -1.45. The van der Waals surface area contributed by atoms with Crippen molar-refractivity contribution in [3.05, 3.63) is 69.7 Å². The first-order valence-corrected chi connectivity index (χ1v) is 12.8. The Kier molecular flexibility index (Phi) is 9.84. The fourth-order valence-electron chi connectivity index (χ4n) is 4.32. The third-order valence-electron chi connectivity index (χ3n) is 6.12. The van der Waals surface area contributed by atoms with Crippen molar-refractivity contribution in [1.29, 1.82) is 0 Å². The molecular formula is C24H34Cl2N2O2S. The fraction of sp³-hybridized carbons (Fsp3) is 0.500. The van der Waals surface area contributed by atoms with Crippen molar-refractivity contribution in [3.8, 4) is 0 Å². The van der Waals surface area contributed by atoms with Crippen LogP contribution in [0.15, 0.2) is 42.5 Å². The van der Waals surface area contributed by atoms with Gasteiger partial charge in [-0.3, -0.25) is 0 Å². The van der Waals surface area contributed by atoms with Crippen LogP contribution in [0.1, 0.15) is 54.4 Å². The molecule has 0 amide bonds. The standard InChI is InChI=1S/C24H33ClN2O2S.ClH/c1-3-15-30(28,29)27(2)14-4-5-18-6-9-20-10-13-24(26)23(22(20)16-18)17-19-7-11-21(25)12-8-19;/h6-9,11-12,16,23-24H,3-5,10,13-15,17,26H2,1-2H3;1H. The number of rotatable bonds is 9. The predicted octanol–water partition coefficient (Wildman–Crippen LogP) is 4.97. The minimum absolute atomic E-state index is 0. The highest BCUT2D eigenvalue weighted by molar-refractivity contribution is 7.89. The largest absolute Gasteiger partial charge is 0.327 e. The van der Waals surface area contributed by atoms with Crippen LogP contribution in [0.25, 0.3) is 0 Å². The van der Waals surface area contributed by atoms with Crippen molar-refractivity contribution in [2.75, 3.05) is 19.3 Å². The molecule has 0 aromatic heterocycles. The first-order chi connectivity index (χ1) is 14.3. The highest BCUT2D eigenvalue weighted by Crippen LogP contribution is 2.34. The summed E-state index contributed by atoms with van der Waals surface area (Å²) >= 11 is 6.04. The lowest BCUT2D eigenvalue weighted by Gasteiger charge is -2.32. The van der Waals surface area contributed by atoms with Crippen LogP contribution >= 0.6 is 24.0 Å². The van der Waals surface area contributed by atoms with Crippen LogP contribution in [0, 0.1) is 0 Å². The Balaban J connectivity index is 0.00000341. The van der Waals surface area contributed by atoms with Gasteiger partial charge in [0.05, 0.1) is 5.75 Å². The molecule has 2 atom stereocenters. The van der Waals surface area contributed by atoms with Gasteiger partial charge in [-0.2, -0.15) is 0 Å². The van der Waals surface area contributed by atoms with Crippen LogP contribution in [0.4, 0.5) is 0 Å². The molecule has 0 radical (unpaired) electrons. The lowest BCUT2D eigenvalue weighted by Crippen LogP contribution is -2.34. The Morgan fingerprint density at radius 1 is 1.13 bits per heavy atom. The van der Waals surface area contributed by atoms with Crippen molar-refractivity contribution in [2.24, 2.45) is 5.73 Å². The van der Waals surface area contributed by atoms with Gasteiger partial charge >= 0.3 is 0 Å². The molecule has 0 spiro atoms. The van der Waals surface area contributed by atoms with E-state index in [9.17, 15) is 8.42 Å². The van der Waals surface area contributed by atoms with E-state index >= 15 is 0 Å². The Morgan fingerprint density at radius 2 is 1.81 bits per heavy atom. The quantitative estimate of drug-likeness (QED) is 0.546.